The highest BCUT2D eigenvalue weighted by molar-refractivity contribution is 5.60. The predicted molar refractivity (Wildman–Crippen MR) is 115 cm³/mol. The second-order valence-electron chi connectivity index (χ2n) is 8.06. The molecule has 0 spiro atoms. The summed E-state index contributed by atoms with van der Waals surface area (Å²) in [6, 6.07) is 9.92. The third kappa shape index (κ3) is 4.65. The Morgan fingerprint density at radius 2 is 2.03 bits per heavy atom. The van der Waals surface area contributed by atoms with Crippen LogP contribution in [0.1, 0.15) is 48.7 Å². The third-order valence-electron chi connectivity index (χ3n) is 5.89. The number of aromatic amines is 1. The van der Waals surface area contributed by atoms with Crippen molar-refractivity contribution in [2.45, 2.75) is 51.6 Å². The fraction of sp³-hybridized carbons (Fsp3) is 0.435. The number of benzene rings is 1. The molecule has 1 N–H and O–H groups in total. The Bertz CT molecular complexity index is 1020. The van der Waals surface area contributed by atoms with E-state index in [2.05, 4.69) is 38.6 Å². The van der Waals surface area contributed by atoms with Crippen LogP contribution in [0.2, 0.25) is 0 Å². The summed E-state index contributed by atoms with van der Waals surface area (Å²) in [6.45, 7) is 4.63. The fourth-order valence-corrected chi connectivity index (χ4v) is 4.21. The minimum absolute atomic E-state index is 0.0596. The quantitative estimate of drug-likeness (QED) is 0.666. The molecule has 4 rings (SSSR count). The monoisotopic (exact) mass is 391 g/mol. The minimum atomic E-state index is -0.0596. The number of aromatic nitrogens is 4. The van der Waals surface area contributed by atoms with Gasteiger partial charge in [0, 0.05) is 49.6 Å². The van der Waals surface area contributed by atoms with Crippen LogP contribution in [0.4, 0.5) is 0 Å². The fourth-order valence-electron chi connectivity index (χ4n) is 4.21. The van der Waals surface area contributed by atoms with E-state index in [9.17, 15) is 4.79 Å². The SMILES string of the molecule is Cc1nccn1CCN(C)Cc1ccccc1-c1nc(C2CCCC2)cc(=O)[nH]1. The first-order chi connectivity index (χ1) is 14.1. The summed E-state index contributed by atoms with van der Waals surface area (Å²) in [4.78, 5) is 26.7. The summed E-state index contributed by atoms with van der Waals surface area (Å²) >= 11 is 0. The molecule has 1 saturated carbocycles. The molecule has 2 heterocycles. The van der Waals surface area contributed by atoms with Gasteiger partial charge in [-0.05, 0) is 32.4 Å². The predicted octanol–water partition coefficient (Wildman–Crippen LogP) is 3.73. The number of nitrogens with one attached hydrogen (secondary N) is 1. The Kier molecular flexibility index (Phi) is 5.90. The zero-order chi connectivity index (χ0) is 20.2. The highest BCUT2D eigenvalue weighted by Gasteiger charge is 2.20. The van der Waals surface area contributed by atoms with Crippen LogP contribution < -0.4 is 5.56 Å². The zero-order valence-electron chi connectivity index (χ0n) is 17.3. The molecule has 0 radical (unpaired) electrons. The second kappa shape index (κ2) is 8.74. The molecule has 1 aliphatic rings. The number of aryl methyl sites for hydroxylation is 1. The van der Waals surface area contributed by atoms with Crippen LogP contribution in [0.3, 0.4) is 0 Å². The van der Waals surface area contributed by atoms with E-state index in [1.54, 1.807) is 6.07 Å². The van der Waals surface area contributed by atoms with Crippen molar-refractivity contribution >= 4 is 0 Å². The zero-order valence-corrected chi connectivity index (χ0v) is 17.3. The molecule has 0 saturated heterocycles. The molecular formula is C23H29N5O. The van der Waals surface area contributed by atoms with E-state index in [1.165, 1.54) is 18.4 Å². The van der Waals surface area contributed by atoms with Gasteiger partial charge in [0.05, 0.1) is 5.69 Å². The molecular weight excluding hydrogens is 362 g/mol. The number of hydrogen-bond acceptors (Lipinski definition) is 4. The van der Waals surface area contributed by atoms with Crippen molar-refractivity contribution in [3.63, 3.8) is 0 Å². The number of H-pyrrole nitrogens is 1. The van der Waals surface area contributed by atoms with Gasteiger partial charge in [-0.1, -0.05) is 37.1 Å². The Balaban J connectivity index is 1.53. The molecule has 0 amide bonds. The molecule has 6 nitrogen and oxygen atoms in total. The van der Waals surface area contributed by atoms with Gasteiger partial charge in [-0.25, -0.2) is 9.97 Å². The maximum absolute atomic E-state index is 12.3. The van der Waals surface area contributed by atoms with Crippen LogP contribution in [0.15, 0.2) is 47.5 Å². The highest BCUT2D eigenvalue weighted by atomic mass is 16.1. The third-order valence-corrected chi connectivity index (χ3v) is 5.89. The molecule has 152 valence electrons. The van der Waals surface area contributed by atoms with E-state index >= 15 is 0 Å². The van der Waals surface area contributed by atoms with Gasteiger partial charge in [0.2, 0.25) is 0 Å². The van der Waals surface area contributed by atoms with E-state index in [0.717, 1.165) is 49.6 Å². The Morgan fingerprint density at radius 1 is 1.24 bits per heavy atom. The first kappa shape index (κ1) is 19.6. The highest BCUT2D eigenvalue weighted by Crippen LogP contribution is 2.33. The van der Waals surface area contributed by atoms with Crippen molar-refractivity contribution in [2.75, 3.05) is 13.6 Å². The number of nitrogens with zero attached hydrogens (tertiary/aromatic N) is 4. The van der Waals surface area contributed by atoms with Crippen LogP contribution in [0.25, 0.3) is 11.4 Å². The largest absolute Gasteiger partial charge is 0.334 e. The van der Waals surface area contributed by atoms with E-state index in [1.807, 2.05) is 31.5 Å². The van der Waals surface area contributed by atoms with E-state index in [0.29, 0.717) is 11.7 Å². The lowest BCUT2D eigenvalue weighted by Crippen LogP contribution is -2.23. The molecule has 1 aliphatic carbocycles. The topological polar surface area (TPSA) is 66.8 Å². The minimum Gasteiger partial charge on any atom is -0.334 e. The van der Waals surface area contributed by atoms with Gasteiger partial charge in [0.15, 0.2) is 0 Å². The van der Waals surface area contributed by atoms with Crippen molar-refractivity contribution in [2.24, 2.45) is 0 Å². The van der Waals surface area contributed by atoms with Crippen LogP contribution in [0.5, 0.6) is 0 Å². The summed E-state index contributed by atoms with van der Waals surface area (Å²) in [6.07, 6.45) is 8.57. The second-order valence-corrected chi connectivity index (χ2v) is 8.06. The molecule has 0 atom stereocenters. The molecule has 6 heteroatoms. The maximum atomic E-state index is 12.3. The Morgan fingerprint density at radius 3 is 2.79 bits per heavy atom. The summed E-state index contributed by atoms with van der Waals surface area (Å²) < 4.78 is 2.16. The number of imidazole rings is 1. The van der Waals surface area contributed by atoms with E-state index in [-0.39, 0.29) is 5.56 Å². The molecule has 0 bridgehead atoms. The van der Waals surface area contributed by atoms with Gasteiger partial charge in [-0.15, -0.1) is 0 Å². The molecule has 2 aromatic heterocycles. The molecule has 3 aromatic rings. The van der Waals surface area contributed by atoms with Crippen LogP contribution in [0, 0.1) is 6.92 Å². The van der Waals surface area contributed by atoms with Crippen LogP contribution in [-0.4, -0.2) is 38.0 Å². The van der Waals surface area contributed by atoms with Crippen molar-refractivity contribution in [1.82, 2.24) is 24.4 Å². The molecule has 1 aromatic carbocycles. The molecule has 1 fully saturated rings. The van der Waals surface area contributed by atoms with Crippen LogP contribution >= 0.6 is 0 Å². The average molecular weight is 392 g/mol. The summed E-state index contributed by atoms with van der Waals surface area (Å²) in [5.74, 6) is 2.14. The number of hydrogen-bond donors (Lipinski definition) is 1. The number of rotatable bonds is 7. The first-order valence-corrected chi connectivity index (χ1v) is 10.5. The standard InChI is InChI=1S/C23H29N5O/c1-17-24-11-12-28(17)14-13-27(2)16-19-9-5-6-10-20(19)23-25-21(15-22(29)26-23)18-7-3-4-8-18/h5-6,9-12,15,18H,3-4,7-8,13-14,16H2,1-2H3,(H,25,26,29). The van der Waals surface area contributed by atoms with Gasteiger partial charge >= 0.3 is 0 Å². The van der Waals surface area contributed by atoms with Gasteiger partial charge in [-0.2, -0.15) is 0 Å². The Labute approximate surface area is 171 Å². The average Bonchev–Trinajstić information content (AvgIpc) is 3.38. The summed E-state index contributed by atoms with van der Waals surface area (Å²) in [5, 5.41) is 0. The van der Waals surface area contributed by atoms with Crippen LogP contribution in [-0.2, 0) is 13.1 Å². The maximum Gasteiger partial charge on any atom is 0.251 e. The van der Waals surface area contributed by atoms with E-state index in [4.69, 9.17) is 4.98 Å². The normalized spacial score (nSPS) is 14.7. The Hall–Kier alpha value is -2.73. The summed E-state index contributed by atoms with van der Waals surface area (Å²) in [5.41, 5.74) is 3.06. The lowest BCUT2D eigenvalue weighted by atomic mass is 10.0. The van der Waals surface area contributed by atoms with Gasteiger partial charge in [0.25, 0.3) is 5.56 Å². The van der Waals surface area contributed by atoms with Gasteiger partial charge in [0.1, 0.15) is 11.6 Å². The molecule has 0 unspecified atom stereocenters. The lowest BCUT2D eigenvalue weighted by molar-refractivity contribution is 0.310. The van der Waals surface area contributed by atoms with Crippen molar-refractivity contribution in [1.29, 1.82) is 0 Å². The van der Waals surface area contributed by atoms with E-state index < -0.39 is 0 Å². The van der Waals surface area contributed by atoms with Crippen molar-refractivity contribution < 1.29 is 0 Å². The number of likely N-dealkylation sites (N-methyl/N-ethyl adjacent to an activating group) is 1. The molecule has 0 aliphatic heterocycles. The van der Waals surface area contributed by atoms with Crippen molar-refractivity contribution in [3.8, 4) is 11.4 Å². The van der Waals surface area contributed by atoms with Gasteiger partial charge in [-0.3, -0.25) is 4.79 Å². The summed E-state index contributed by atoms with van der Waals surface area (Å²) in [7, 11) is 2.12. The smallest absolute Gasteiger partial charge is 0.251 e. The van der Waals surface area contributed by atoms with Gasteiger partial charge < -0.3 is 14.5 Å². The molecule has 29 heavy (non-hydrogen) atoms. The van der Waals surface area contributed by atoms with Crippen molar-refractivity contribution in [3.05, 3.63) is 70.2 Å². The lowest BCUT2D eigenvalue weighted by Gasteiger charge is -2.19. The first-order valence-electron chi connectivity index (χ1n) is 10.5.